The Labute approximate surface area is 104 Å². The molecule has 1 aliphatic rings. The Morgan fingerprint density at radius 3 is 2.65 bits per heavy atom. The van der Waals surface area contributed by atoms with Crippen LogP contribution in [-0.4, -0.2) is 21.3 Å². The SMILES string of the molecule is Cc1nnc(CCCCCN)n1C1CCCC1. The van der Waals surface area contributed by atoms with E-state index in [0.717, 1.165) is 25.2 Å². The molecule has 17 heavy (non-hydrogen) atoms. The molecule has 1 saturated carbocycles. The number of nitrogens with zero attached hydrogens (tertiary/aromatic N) is 3. The molecule has 0 aliphatic heterocycles. The number of hydrogen-bond donors (Lipinski definition) is 1. The Balaban J connectivity index is 1.96. The normalized spacial score (nSPS) is 16.8. The maximum atomic E-state index is 5.51. The Bertz CT molecular complexity index is 339. The van der Waals surface area contributed by atoms with Crippen LogP contribution >= 0.6 is 0 Å². The zero-order valence-corrected chi connectivity index (χ0v) is 10.9. The average molecular weight is 236 g/mol. The molecule has 0 amide bonds. The van der Waals surface area contributed by atoms with Crippen LogP contribution in [-0.2, 0) is 6.42 Å². The molecule has 96 valence electrons. The van der Waals surface area contributed by atoms with Crippen LogP contribution in [0.5, 0.6) is 0 Å². The van der Waals surface area contributed by atoms with Crippen LogP contribution in [0.2, 0.25) is 0 Å². The first-order valence-corrected chi connectivity index (χ1v) is 6.93. The monoisotopic (exact) mass is 236 g/mol. The number of aryl methyl sites for hydroxylation is 2. The Hall–Kier alpha value is -0.900. The van der Waals surface area contributed by atoms with Gasteiger partial charge < -0.3 is 10.3 Å². The molecule has 0 unspecified atom stereocenters. The third-order valence-electron chi connectivity index (χ3n) is 3.73. The van der Waals surface area contributed by atoms with Gasteiger partial charge in [0.05, 0.1) is 0 Å². The van der Waals surface area contributed by atoms with Crippen molar-refractivity contribution in [1.29, 1.82) is 0 Å². The highest BCUT2D eigenvalue weighted by Crippen LogP contribution is 2.31. The lowest BCUT2D eigenvalue weighted by molar-refractivity contribution is 0.480. The van der Waals surface area contributed by atoms with Gasteiger partial charge in [-0.3, -0.25) is 0 Å². The van der Waals surface area contributed by atoms with Crippen LogP contribution < -0.4 is 5.73 Å². The largest absolute Gasteiger partial charge is 0.330 e. The zero-order chi connectivity index (χ0) is 12.1. The molecule has 1 aromatic heterocycles. The summed E-state index contributed by atoms with van der Waals surface area (Å²) in [6.45, 7) is 2.88. The molecular formula is C13H24N4. The van der Waals surface area contributed by atoms with Gasteiger partial charge in [0.15, 0.2) is 0 Å². The summed E-state index contributed by atoms with van der Waals surface area (Å²) in [6.07, 6.45) is 9.87. The van der Waals surface area contributed by atoms with Gasteiger partial charge >= 0.3 is 0 Å². The fourth-order valence-electron chi connectivity index (χ4n) is 2.83. The summed E-state index contributed by atoms with van der Waals surface area (Å²) < 4.78 is 2.38. The van der Waals surface area contributed by atoms with Crippen LogP contribution in [0, 0.1) is 6.92 Å². The lowest BCUT2D eigenvalue weighted by Crippen LogP contribution is -2.11. The Kier molecular flexibility index (Phi) is 4.54. The predicted molar refractivity (Wildman–Crippen MR) is 68.9 cm³/mol. The molecule has 0 radical (unpaired) electrons. The third-order valence-corrected chi connectivity index (χ3v) is 3.73. The summed E-state index contributed by atoms with van der Waals surface area (Å²) in [6, 6.07) is 0.662. The van der Waals surface area contributed by atoms with Gasteiger partial charge in [-0.1, -0.05) is 19.3 Å². The van der Waals surface area contributed by atoms with Crippen molar-refractivity contribution in [2.45, 2.75) is 64.3 Å². The fraction of sp³-hybridized carbons (Fsp3) is 0.846. The van der Waals surface area contributed by atoms with Crippen LogP contribution in [0.1, 0.15) is 62.6 Å². The number of unbranched alkanes of at least 4 members (excludes halogenated alkanes) is 2. The lowest BCUT2D eigenvalue weighted by atomic mass is 10.1. The van der Waals surface area contributed by atoms with E-state index in [9.17, 15) is 0 Å². The van der Waals surface area contributed by atoms with Gasteiger partial charge in [0.2, 0.25) is 0 Å². The van der Waals surface area contributed by atoms with Crippen LogP contribution in [0.3, 0.4) is 0 Å². The molecule has 2 rings (SSSR count). The summed E-state index contributed by atoms with van der Waals surface area (Å²) >= 11 is 0. The lowest BCUT2D eigenvalue weighted by Gasteiger charge is -2.15. The minimum atomic E-state index is 0.662. The summed E-state index contributed by atoms with van der Waals surface area (Å²) in [5.41, 5.74) is 5.51. The van der Waals surface area contributed by atoms with Crippen molar-refractivity contribution in [3.63, 3.8) is 0 Å². The molecule has 2 N–H and O–H groups in total. The van der Waals surface area contributed by atoms with E-state index in [1.54, 1.807) is 0 Å². The van der Waals surface area contributed by atoms with E-state index >= 15 is 0 Å². The highest BCUT2D eigenvalue weighted by Gasteiger charge is 2.21. The van der Waals surface area contributed by atoms with Gasteiger partial charge in [0.25, 0.3) is 0 Å². The Morgan fingerprint density at radius 2 is 1.94 bits per heavy atom. The number of aromatic nitrogens is 3. The van der Waals surface area contributed by atoms with Gasteiger partial charge in [0, 0.05) is 12.5 Å². The highest BCUT2D eigenvalue weighted by atomic mass is 15.3. The van der Waals surface area contributed by atoms with E-state index in [0.29, 0.717) is 6.04 Å². The van der Waals surface area contributed by atoms with Crippen molar-refractivity contribution in [2.75, 3.05) is 6.54 Å². The summed E-state index contributed by atoms with van der Waals surface area (Å²) in [5, 5.41) is 8.59. The first-order chi connectivity index (χ1) is 8.33. The molecule has 1 heterocycles. The van der Waals surface area contributed by atoms with Crippen molar-refractivity contribution >= 4 is 0 Å². The van der Waals surface area contributed by atoms with E-state index < -0.39 is 0 Å². The molecule has 0 saturated heterocycles. The van der Waals surface area contributed by atoms with E-state index in [2.05, 4.69) is 21.7 Å². The number of hydrogen-bond acceptors (Lipinski definition) is 3. The third kappa shape index (κ3) is 3.06. The molecule has 0 spiro atoms. The number of nitrogens with two attached hydrogens (primary N) is 1. The highest BCUT2D eigenvalue weighted by molar-refractivity contribution is 4.98. The second-order valence-corrected chi connectivity index (χ2v) is 5.07. The second kappa shape index (κ2) is 6.15. The van der Waals surface area contributed by atoms with Crippen molar-refractivity contribution < 1.29 is 0 Å². The summed E-state index contributed by atoms with van der Waals surface area (Å²) in [5.74, 6) is 2.28. The summed E-state index contributed by atoms with van der Waals surface area (Å²) in [7, 11) is 0. The van der Waals surface area contributed by atoms with Gasteiger partial charge in [-0.2, -0.15) is 0 Å². The van der Waals surface area contributed by atoms with Gasteiger partial charge in [0.1, 0.15) is 11.6 Å². The fourth-order valence-corrected chi connectivity index (χ4v) is 2.83. The molecule has 0 atom stereocenters. The van der Waals surface area contributed by atoms with E-state index in [4.69, 9.17) is 5.73 Å². The number of rotatable bonds is 6. The molecule has 4 nitrogen and oxygen atoms in total. The maximum Gasteiger partial charge on any atom is 0.133 e. The molecule has 1 aromatic rings. The molecule has 1 aliphatic carbocycles. The van der Waals surface area contributed by atoms with Crippen LogP contribution in [0.4, 0.5) is 0 Å². The smallest absolute Gasteiger partial charge is 0.133 e. The molecular weight excluding hydrogens is 212 g/mol. The zero-order valence-electron chi connectivity index (χ0n) is 10.9. The molecule has 1 fully saturated rings. The minimum absolute atomic E-state index is 0.662. The van der Waals surface area contributed by atoms with Crippen LogP contribution in [0.25, 0.3) is 0 Å². The first-order valence-electron chi connectivity index (χ1n) is 6.93. The van der Waals surface area contributed by atoms with E-state index in [1.807, 2.05) is 0 Å². The first kappa shape index (κ1) is 12.6. The van der Waals surface area contributed by atoms with Gasteiger partial charge in [-0.25, -0.2) is 0 Å². The van der Waals surface area contributed by atoms with Crippen molar-refractivity contribution in [3.05, 3.63) is 11.6 Å². The molecule has 0 aromatic carbocycles. The van der Waals surface area contributed by atoms with Crippen molar-refractivity contribution in [1.82, 2.24) is 14.8 Å². The van der Waals surface area contributed by atoms with Gasteiger partial charge in [-0.05, 0) is 39.2 Å². The Morgan fingerprint density at radius 1 is 1.18 bits per heavy atom. The molecule has 0 bridgehead atoms. The van der Waals surface area contributed by atoms with Crippen molar-refractivity contribution in [3.8, 4) is 0 Å². The standard InChI is InChI=1S/C13H24N4/c1-11-15-16-13(9-3-2-6-10-14)17(11)12-7-4-5-8-12/h12H,2-10,14H2,1H3. The average Bonchev–Trinajstić information content (AvgIpc) is 2.94. The van der Waals surface area contributed by atoms with Crippen LogP contribution in [0.15, 0.2) is 0 Å². The van der Waals surface area contributed by atoms with E-state index in [1.165, 1.54) is 44.3 Å². The minimum Gasteiger partial charge on any atom is -0.330 e. The topological polar surface area (TPSA) is 56.7 Å². The second-order valence-electron chi connectivity index (χ2n) is 5.07. The molecule has 4 heteroatoms. The van der Waals surface area contributed by atoms with Crippen molar-refractivity contribution in [2.24, 2.45) is 5.73 Å². The maximum absolute atomic E-state index is 5.51. The van der Waals surface area contributed by atoms with E-state index in [-0.39, 0.29) is 0 Å². The quantitative estimate of drug-likeness (QED) is 0.771. The summed E-state index contributed by atoms with van der Waals surface area (Å²) in [4.78, 5) is 0. The predicted octanol–water partition coefficient (Wildman–Crippen LogP) is 2.37. The van der Waals surface area contributed by atoms with Gasteiger partial charge in [-0.15, -0.1) is 10.2 Å².